The van der Waals surface area contributed by atoms with Crippen LogP contribution in [0.25, 0.3) is 10.9 Å². The van der Waals surface area contributed by atoms with E-state index in [1.807, 2.05) is 25.1 Å². The molecule has 5 heteroatoms. The number of carbonyl (C=O) groups excluding carboxylic acids is 1. The van der Waals surface area contributed by atoms with E-state index in [2.05, 4.69) is 70.3 Å². The zero-order valence-corrected chi connectivity index (χ0v) is 19.6. The third-order valence-electron chi connectivity index (χ3n) is 6.89. The van der Waals surface area contributed by atoms with Crippen molar-refractivity contribution >= 4 is 22.6 Å². The molecule has 2 aromatic carbocycles. The van der Waals surface area contributed by atoms with Gasteiger partial charge in [-0.3, -0.25) is 9.69 Å². The first-order valence-electron chi connectivity index (χ1n) is 12.0. The molecule has 0 bridgehead atoms. The molecule has 170 valence electrons. The lowest BCUT2D eigenvalue weighted by Crippen LogP contribution is -2.46. The summed E-state index contributed by atoms with van der Waals surface area (Å²) in [5.41, 5.74) is 3.24. The minimum atomic E-state index is -0.0178. The van der Waals surface area contributed by atoms with Gasteiger partial charge in [0.05, 0.1) is 6.17 Å². The second-order valence-electron chi connectivity index (χ2n) is 8.95. The van der Waals surface area contributed by atoms with E-state index in [0.717, 1.165) is 48.8 Å². The van der Waals surface area contributed by atoms with E-state index in [9.17, 15) is 4.79 Å². The number of aromatic amines is 1. The summed E-state index contributed by atoms with van der Waals surface area (Å²) in [6.45, 7) is 10.2. The van der Waals surface area contributed by atoms with E-state index in [1.54, 1.807) is 0 Å². The molecule has 1 saturated heterocycles. The van der Waals surface area contributed by atoms with Crippen molar-refractivity contribution in [2.24, 2.45) is 5.92 Å². The van der Waals surface area contributed by atoms with Crippen molar-refractivity contribution in [2.45, 2.75) is 46.2 Å². The molecule has 5 nitrogen and oxygen atoms in total. The Kier molecular flexibility index (Phi) is 7.15. The summed E-state index contributed by atoms with van der Waals surface area (Å²) in [6.07, 6.45) is 3.61. The number of piperidine rings is 1. The Morgan fingerprint density at radius 2 is 1.81 bits per heavy atom. The number of anilines is 1. The lowest BCUT2D eigenvalue weighted by molar-refractivity contribution is 0.0875. The standard InChI is InChI=1S/C27H36N4O/c1-4-30(5-2)20(3)28-27(32)23-11-12-25-24(18-23)19-26(29-25)31-15-13-22(14-16-31)17-21-9-7-6-8-10-21/h6-12,18-20,22,29H,4-5,13-17H2,1-3H3,(H,28,32). The number of aromatic nitrogens is 1. The van der Waals surface area contributed by atoms with Crippen molar-refractivity contribution < 1.29 is 4.79 Å². The predicted octanol–water partition coefficient (Wildman–Crippen LogP) is 5.04. The minimum absolute atomic E-state index is 0.0178. The Labute approximate surface area is 191 Å². The number of nitrogens with zero attached hydrogens (tertiary/aromatic N) is 2. The van der Waals surface area contributed by atoms with Crippen LogP contribution in [0.3, 0.4) is 0 Å². The molecule has 1 unspecified atom stereocenters. The average molecular weight is 433 g/mol. The van der Waals surface area contributed by atoms with Gasteiger partial charge in [-0.1, -0.05) is 44.2 Å². The summed E-state index contributed by atoms with van der Waals surface area (Å²) < 4.78 is 0. The fourth-order valence-corrected chi connectivity index (χ4v) is 4.89. The second-order valence-corrected chi connectivity index (χ2v) is 8.95. The number of benzene rings is 2. The summed E-state index contributed by atoms with van der Waals surface area (Å²) in [5.74, 6) is 1.89. The molecule has 1 aliphatic rings. The van der Waals surface area contributed by atoms with Crippen LogP contribution in [0.5, 0.6) is 0 Å². The highest BCUT2D eigenvalue weighted by Crippen LogP contribution is 2.28. The van der Waals surface area contributed by atoms with Crippen LogP contribution >= 0.6 is 0 Å². The Balaban J connectivity index is 1.38. The number of hydrogen-bond donors (Lipinski definition) is 2. The number of carbonyl (C=O) groups is 1. The maximum atomic E-state index is 12.8. The van der Waals surface area contributed by atoms with Gasteiger partial charge in [-0.2, -0.15) is 0 Å². The minimum Gasteiger partial charge on any atom is -0.358 e. The van der Waals surface area contributed by atoms with E-state index in [0.29, 0.717) is 5.56 Å². The Bertz CT molecular complexity index is 1020. The fourth-order valence-electron chi connectivity index (χ4n) is 4.89. The number of rotatable bonds is 8. The molecule has 1 aliphatic heterocycles. The van der Waals surface area contributed by atoms with Gasteiger partial charge in [0.25, 0.3) is 5.91 Å². The van der Waals surface area contributed by atoms with Gasteiger partial charge < -0.3 is 15.2 Å². The summed E-state index contributed by atoms with van der Waals surface area (Å²) in [7, 11) is 0. The molecule has 3 aromatic rings. The molecule has 1 amide bonds. The van der Waals surface area contributed by atoms with Gasteiger partial charge >= 0.3 is 0 Å². The van der Waals surface area contributed by atoms with E-state index in [4.69, 9.17) is 0 Å². The molecule has 1 atom stereocenters. The second kappa shape index (κ2) is 10.2. The molecule has 2 heterocycles. The quantitative estimate of drug-likeness (QED) is 0.490. The molecule has 0 radical (unpaired) electrons. The van der Waals surface area contributed by atoms with Gasteiger partial charge in [0.15, 0.2) is 0 Å². The zero-order valence-electron chi connectivity index (χ0n) is 19.6. The lowest BCUT2D eigenvalue weighted by Gasteiger charge is -2.32. The van der Waals surface area contributed by atoms with Crippen LogP contribution in [0.15, 0.2) is 54.6 Å². The smallest absolute Gasteiger partial charge is 0.252 e. The molecule has 1 aromatic heterocycles. The molecule has 4 rings (SSSR count). The summed E-state index contributed by atoms with van der Waals surface area (Å²) in [4.78, 5) is 21.0. The van der Waals surface area contributed by atoms with Gasteiger partial charge in [0.1, 0.15) is 5.82 Å². The molecular formula is C27H36N4O. The Morgan fingerprint density at radius 1 is 1.09 bits per heavy atom. The highest BCUT2D eigenvalue weighted by Gasteiger charge is 2.21. The third kappa shape index (κ3) is 5.16. The molecule has 0 spiro atoms. The highest BCUT2D eigenvalue weighted by atomic mass is 16.1. The van der Waals surface area contributed by atoms with Crippen LogP contribution in [0.4, 0.5) is 5.82 Å². The molecule has 32 heavy (non-hydrogen) atoms. The van der Waals surface area contributed by atoms with Crippen molar-refractivity contribution in [3.8, 4) is 0 Å². The van der Waals surface area contributed by atoms with E-state index in [-0.39, 0.29) is 12.1 Å². The number of hydrogen-bond acceptors (Lipinski definition) is 3. The fraction of sp³-hybridized carbons (Fsp3) is 0.444. The maximum Gasteiger partial charge on any atom is 0.252 e. The van der Waals surface area contributed by atoms with Crippen LogP contribution < -0.4 is 10.2 Å². The average Bonchev–Trinajstić information content (AvgIpc) is 3.24. The van der Waals surface area contributed by atoms with Crippen molar-refractivity contribution in [2.75, 3.05) is 31.1 Å². The van der Waals surface area contributed by atoms with Crippen LogP contribution in [-0.2, 0) is 6.42 Å². The maximum absolute atomic E-state index is 12.8. The summed E-state index contributed by atoms with van der Waals surface area (Å²) in [5, 5.41) is 4.22. The largest absolute Gasteiger partial charge is 0.358 e. The number of H-pyrrole nitrogens is 1. The van der Waals surface area contributed by atoms with Gasteiger partial charge in [0.2, 0.25) is 0 Å². The topological polar surface area (TPSA) is 51.4 Å². The first-order chi connectivity index (χ1) is 15.6. The van der Waals surface area contributed by atoms with Gasteiger partial charge in [-0.25, -0.2) is 0 Å². The van der Waals surface area contributed by atoms with Gasteiger partial charge in [0, 0.05) is 29.6 Å². The Morgan fingerprint density at radius 3 is 2.50 bits per heavy atom. The molecule has 0 saturated carbocycles. The van der Waals surface area contributed by atoms with Crippen LogP contribution in [0.2, 0.25) is 0 Å². The van der Waals surface area contributed by atoms with Crippen LogP contribution in [0.1, 0.15) is 49.5 Å². The number of nitrogens with one attached hydrogen (secondary N) is 2. The SMILES string of the molecule is CCN(CC)C(C)NC(=O)c1ccc2[nH]c(N3CCC(Cc4ccccc4)CC3)cc2c1. The Hall–Kier alpha value is -2.79. The zero-order chi connectivity index (χ0) is 22.5. The van der Waals surface area contributed by atoms with Gasteiger partial charge in [-0.05, 0) is 75.0 Å². The van der Waals surface area contributed by atoms with Crippen LogP contribution in [0, 0.1) is 5.92 Å². The van der Waals surface area contributed by atoms with Crippen LogP contribution in [-0.4, -0.2) is 48.1 Å². The van der Waals surface area contributed by atoms with E-state index >= 15 is 0 Å². The van der Waals surface area contributed by atoms with Crippen molar-refractivity contribution in [3.63, 3.8) is 0 Å². The molecule has 1 fully saturated rings. The highest BCUT2D eigenvalue weighted by molar-refractivity contribution is 5.98. The first-order valence-corrected chi connectivity index (χ1v) is 12.0. The molecular weight excluding hydrogens is 396 g/mol. The first kappa shape index (κ1) is 22.4. The van der Waals surface area contributed by atoms with Gasteiger partial charge in [-0.15, -0.1) is 0 Å². The molecule has 0 aliphatic carbocycles. The monoisotopic (exact) mass is 432 g/mol. The van der Waals surface area contributed by atoms with E-state index < -0.39 is 0 Å². The molecule has 2 N–H and O–H groups in total. The van der Waals surface area contributed by atoms with Crippen molar-refractivity contribution in [1.29, 1.82) is 0 Å². The summed E-state index contributed by atoms with van der Waals surface area (Å²) >= 11 is 0. The normalized spacial score (nSPS) is 15.9. The number of fused-ring (bicyclic) bond motifs is 1. The van der Waals surface area contributed by atoms with Crippen molar-refractivity contribution in [3.05, 3.63) is 65.7 Å². The summed E-state index contributed by atoms with van der Waals surface area (Å²) in [6, 6.07) is 19.0. The lowest BCUT2D eigenvalue weighted by atomic mass is 9.90. The van der Waals surface area contributed by atoms with Crippen molar-refractivity contribution in [1.82, 2.24) is 15.2 Å². The third-order valence-corrected chi connectivity index (χ3v) is 6.89. The number of amides is 1. The van der Waals surface area contributed by atoms with E-state index in [1.165, 1.54) is 24.8 Å². The predicted molar refractivity (Wildman–Crippen MR) is 133 cm³/mol.